The fraction of sp³-hybridized carbons (Fsp3) is 0.429. The Hall–Kier alpha value is -2.43. The molecular formula is C21H24FN3O. The van der Waals surface area contributed by atoms with Crippen LogP contribution in [0.2, 0.25) is 0 Å². The summed E-state index contributed by atoms with van der Waals surface area (Å²) in [6.45, 7) is 0.756. The van der Waals surface area contributed by atoms with Crippen molar-refractivity contribution < 1.29 is 9.18 Å². The van der Waals surface area contributed by atoms with E-state index in [2.05, 4.69) is 15.6 Å². The summed E-state index contributed by atoms with van der Waals surface area (Å²) in [6, 6.07) is 8.23. The van der Waals surface area contributed by atoms with E-state index in [1.54, 1.807) is 18.3 Å². The lowest BCUT2D eigenvalue weighted by Crippen LogP contribution is -2.29. The summed E-state index contributed by atoms with van der Waals surface area (Å²) in [4.78, 5) is 17.0. The van der Waals surface area contributed by atoms with E-state index >= 15 is 0 Å². The van der Waals surface area contributed by atoms with Gasteiger partial charge >= 0.3 is 0 Å². The van der Waals surface area contributed by atoms with Gasteiger partial charge in [0.1, 0.15) is 11.6 Å². The molecule has 2 saturated carbocycles. The zero-order chi connectivity index (χ0) is 17.9. The van der Waals surface area contributed by atoms with Gasteiger partial charge < -0.3 is 10.6 Å². The smallest absolute Gasteiger partial charge is 0.253 e. The number of hydrogen-bond donors (Lipinski definition) is 2. The molecule has 1 heterocycles. The van der Waals surface area contributed by atoms with Gasteiger partial charge in [0.15, 0.2) is 0 Å². The molecule has 1 aromatic carbocycles. The van der Waals surface area contributed by atoms with Crippen LogP contribution in [0.3, 0.4) is 0 Å². The molecule has 136 valence electrons. The average molecular weight is 353 g/mol. The van der Waals surface area contributed by atoms with Gasteiger partial charge in [-0.2, -0.15) is 0 Å². The predicted octanol–water partition coefficient (Wildman–Crippen LogP) is 4.76. The zero-order valence-electron chi connectivity index (χ0n) is 14.8. The Kier molecular flexibility index (Phi) is 4.87. The number of halogens is 1. The highest BCUT2D eigenvalue weighted by atomic mass is 19.1. The topological polar surface area (TPSA) is 54.0 Å². The van der Waals surface area contributed by atoms with E-state index in [1.165, 1.54) is 37.8 Å². The second kappa shape index (κ2) is 7.44. The van der Waals surface area contributed by atoms with Gasteiger partial charge in [-0.1, -0.05) is 18.9 Å². The summed E-state index contributed by atoms with van der Waals surface area (Å²) in [5.74, 6) is 1.37. The van der Waals surface area contributed by atoms with Crippen LogP contribution in [0.4, 0.5) is 15.9 Å². The minimum atomic E-state index is -0.291. The summed E-state index contributed by atoms with van der Waals surface area (Å²) in [7, 11) is 0. The van der Waals surface area contributed by atoms with Crippen LogP contribution in [-0.4, -0.2) is 17.4 Å². The number of nitrogens with one attached hydrogen (secondary N) is 2. The third-order valence-corrected chi connectivity index (χ3v) is 5.32. The molecule has 4 nitrogen and oxygen atoms in total. The maximum absolute atomic E-state index is 13.4. The van der Waals surface area contributed by atoms with Gasteiger partial charge in [-0.25, -0.2) is 9.37 Å². The third kappa shape index (κ3) is 4.03. The van der Waals surface area contributed by atoms with Gasteiger partial charge in [-0.3, -0.25) is 4.79 Å². The summed E-state index contributed by atoms with van der Waals surface area (Å²) < 4.78 is 13.4. The largest absolute Gasteiger partial charge is 0.352 e. The molecule has 0 spiro atoms. The van der Waals surface area contributed by atoms with Crippen LogP contribution in [0.25, 0.3) is 0 Å². The molecule has 5 heteroatoms. The lowest BCUT2D eigenvalue weighted by molar-refractivity contribution is 0.0946. The van der Waals surface area contributed by atoms with Gasteiger partial charge in [0, 0.05) is 18.4 Å². The molecule has 2 aliphatic rings. The average Bonchev–Trinajstić information content (AvgIpc) is 3.35. The van der Waals surface area contributed by atoms with Crippen molar-refractivity contribution >= 4 is 17.4 Å². The lowest BCUT2D eigenvalue weighted by Gasteiger charge is -2.14. The summed E-state index contributed by atoms with van der Waals surface area (Å²) in [6.07, 6.45) is 8.83. The number of benzene rings is 1. The van der Waals surface area contributed by atoms with Crippen LogP contribution in [0.15, 0.2) is 36.5 Å². The second-order valence-corrected chi connectivity index (χ2v) is 7.43. The first kappa shape index (κ1) is 17.0. The van der Waals surface area contributed by atoms with E-state index in [9.17, 15) is 9.18 Å². The quantitative estimate of drug-likeness (QED) is 0.787. The lowest BCUT2D eigenvalue weighted by atomic mass is 10.0. The number of pyridine rings is 1. The molecule has 2 N–H and O–H groups in total. The van der Waals surface area contributed by atoms with Crippen LogP contribution in [-0.2, 0) is 0 Å². The molecule has 26 heavy (non-hydrogen) atoms. The molecule has 0 bridgehead atoms. The van der Waals surface area contributed by atoms with Crippen molar-refractivity contribution in [2.24, 2.45) is 5.92 Å². The Morgan fingerprint density at radius 2 is 1.96 bits per heavy atom. The summed E-state index contributed by atoms with van der Waals surface area (Å²) in [5, 5.41) is 6.22. The maximum Gasteiger partial charge on any atom is 0.253 e. The number of anilines is 2. The van der Waals surface area contributed by atoms with Crippen molar-refractivity contribution in [1.29, 1.82) is 0 Å². The molecule has 2 fully saturated rings. The van der Waals surface area contributed by atoms with Crippen LogP contribution >= 0.6 is 0 Å². The highest BCUT2D eigenvalue weighted by Crippen LogP contribution is 2.42. The van der Waals surface area contributed by atoms with Crippen LogP contribution in [0.5, 0.6) is 0 Å². The Morgan fingerprint density at radius 3 is 2.69 bits per heavy atom. The molecular weight excluding hydrogens is 329 g/mol. The summed E-state index contributed by atoms with van der Waals surface area (Å²) >= 11 is 0. The number of aromatic nitrogens is 1. The standard InChI is InChI=1S/C21H24FN3O/c22-16-6-3-7-17(10-16)25-20-11-18(15-8-9-15)19(13-23-20)21(26)24-12-14-4-1-2-5-14/h3,6-7,10-11,13-15H,1-2,4-5,8-9,12H2,(H,23,25)(H,24,26). The normalized spacial score (nSPS) is 17.3. The van der Waals surface area contributed by atoms with Crippen LogP contribution < -0.4 is 10.6 Å². The monoisotopic (exact) mass is 353 g/mol. The Labute approximate surface area is 153 Å². The van der Waals surface area contributed by atoms with Gasteiger partial charge in [0.05, 0.1) is 5.56 Å². The third-order valence-electron chi connectivity index (χ3n) is 5.32. The molecule has 0 radical (unpaired) electrons. The molecule has 0 aliphatic heterocycles. The SMILES string of the molecule is O=C(NCC1CCCC1)c1cnc(Nc2cccc(F)c2)cc1C1CC1. The molecule has 0 saturated heterocycles. The van der Waals surface area contributed by atoms with E-state index in [-0.39, 0.29) is 11.7 Å². The van der Waals surface area contributed by atoms with Gasteiger partial charge in [0.25, 0.3) is 5.91 Å². The summed E-state index contributed by atoms with van der Waals surface area (Å²) in [5.41, 5.74) is 2.37. The van der Waals surface area contributed by atoms with E-state index in [1.807, 2.05) is 6.07 Å². The minimum absolute atomic E-state index is 0.0244. The Morgan fingerprint density at radius 1 is 1.15 bits per heavy atom. The fourth-order valence-corrected chi connectivity index (χ4v) is 3.72. The predicted molar refractivity (Wildman–Crippen MR) is 100 cm³/mol. The number of amides is 1. The molecule has 0 unspecified atom stereocenters. The fourth-order valence-electron chi connectivity index (χ4n) is 3.72. The number of hydrogen-bond acceptors (Lipinski definition) is 3. The molecule has 2 aromatic rings. The van der Waals surface area contributed by atoms with Gasteiger partial charge in [-0.15, -0.1) is 0 Å². The molecule has 4 rings (SSSR count). The number of carbonyl (C=O) groups excluding carboxylic acids is 1. The van der Waals surface area contributed by atoms with E-state index in [4.69, 9.17) is 0 Å². The maximum atomic E-state index is 13.4. The van der Waals surface area contributed by atoms with Crippen molar-refractivity contribution in [3.63, 3.8) is 0 Å². The highest BCUT2D eigenvalue weighted by molar-refractivity contribution is 5.96. The molecule has 2 aliphatic carbocycles. The van der Waals surface area contributed by atoms with E-state index in [0.29, 0.717) is 28.9 Å². The van der Waals surface area contributed by atoms with Crippen molar-refractivity contribution in [2.45, 2.75) is 44.4 Å². The number of rotatable bonds is 6. The molecule has 1 aromatic heterocycles. The highest BCUT2D eigenvalue weighted by Gasteiger charge is 2.29. The van der Waals surface area contributed by atoms with E-state index in [0.717, 1.165) is 24.9 Å². The Bertz CT molecular complexity index is 798. The van der Waals surface area contributed by atoms with Gasteiger partial charge in [-0.05, 0) is 67.3 Å². The van der Waals surface area contributed by atoms with Crippen LogP contribution in [0, 0.1) is 11.7 Å². The first-order valence-corrected chi connectivity index (χ1v) is 9.50. The second-order valence-electron chi connectivity index (χ2n) is 7.43. The van der Waals surface area contributed by atoms with E-state index < -0.39 is 0 Å². The minimum Gasteiger partial charge on any atom is -0.352 e. The molecule has 1 amide bonds. The van der Waals surface area contributed by atoms with Crippen molar-refractivity contribution in [1.82, 2.24) is 10.3 Å². The van der Waals surface area contributed by atoms with Crippen LogP contribution in [0.1, 0.15) is 60.4 Å². The first-order chi connectivity index (χ1) is 12.7. The number of nitrogens with zero attached hydrogens (tertiary/aromatic N) is 1. The van der Waals surface area contributed by atoms with Crippen molar-refractivity contribution in [3.8, 4) is 0 Å². The van der Waals surface area contributed by atoms with Gasteiger partial charge in [0.2, 0.25) is 0 Å². The zero-order valence-corrected chi connectivity index (χ0v) is 14.8. The first-order valence-electron chi connectivity index (χ1n) is 9.50. The Balaban J connectivity index is 1.49. The number of carbonyl (C=O) groups is 1. The molecule has 0 atom stereocenters. The van der Waals surface area contributed by atoms with Crippen molar-refractivity contribution in [3.05, 3.63) is 53.5 Å². The van der Waals surface area contributed by atoms with Crippen molar-refractivity contribution in [2.75, 3.05) is 11.9 Å².